The molecule has 0 unspecified atom stereocenters. The molecule has 0 fully saturated rings. The van der Waals surface area contributed by atoms with Crippen molar-refractivity contribution in [2.24, 2.45) is 0 Å². The van der Waals surface area contributed by atoms with Crippen molar-refractivity contribution in [3.05, 3.63) is 0 Å². The lowest BCUT2D eigenvalue weighted by Gasteiger charge is -2.13. The normalized spacial score (nSPS) is 5.14. The van der Waals surface area contributed by atoms with Crippen LogP contribution < -0.4 is 0 Å². The molecule has 0 bridgehead atoms. The van der Waals surface area contributed by atoms with Gasteiger partial charge >= 0.3 is 0 Å². The van der Waals surface area contributed by atoms with Crippen LogP contribution in [-0.4, -0.2) is 24.5 Å². The summed E-state index contributed by atoms with van der Waals surface area (Å²) in [6.07, 6.45) is 0. The second-order valence-electron chi connectivity index (χ2n) is 1.62. The molecular weight excluding hydrogens is 219 g/mol. The molecule has 0 aromatic carbocycles. The highest BCUT2D eigenvalue weighted by Crippen LogP contribution is 1.81. The highest BCUT2D eigenvalue weighted by molar-refractivity contribution is 4.43. The standard InChI is InChI=1S/C6H15N.7FH/c1-4-7(5-2)6-3;;;;;;;/h4-6H2,1-3H3;7*1H. The Hall–Kier alpha value is -0.530. The molecule has 0 N–H and O–H groups in total. The summed E-state index contributed by atoms with van der Waals surface area (Å²) in [5, 5.41) is 0. The highest BCUT2D eigenvalue weighted by atomic mass is 19.0. The van der Waals surface area contributed by atoms with Crippen molar-refractivity contribution in [3.63, 3.8) is 0 Å². The molecular formula is C6H22F7N. The fraction of sp³-hybridized carbons (Fsp3) is 1.00. The first-order chi connectivity index (χ1) is 3.35. The van der Waals surface area contributed by atoms with E-state index in [-0.39, 0.29) is 32.9 Å². The molecule has 14 heavy (non-hydrogen) atoms. The summed E-state index contributed by atoms with van der Waals surface area (Å²) in [6.45, 7) is 10.1. The third-order valence-corrected chi connectivity index (χ3v) is 1.34. The molecule has 0 aliphatic rings. The van der Waals surface area contributed by atoms with E-state index >= 15 is 0 Å². The average molecular weight is 241 g/mol. The van der Waals surface area contributed by atoms with Gasteiger partial charge in [-0.05, 0) is 19.6 Å². The van der Waals surface area contributed by atoms with Gasteiger partial charge < -0.3 is 4.90 Å². The van der Waals surface area contributed by atoms with Crippen molar-refractivity contribution >= 4 is 0 Å². The maximum atomic E-state index is 2.38. The summed E-state index contributed by atoms with van der Waals surface area (Å²) in [4.78, 5) is 2.38. The van der Waals surface area contributed by atoms with E-state index in [9.17, 15) is 0 Å². The molecule has 1 nitrogen and oxygen atoms in total. The summed E-state index contributed by atoms with van der Waals surface area (Å²) >= 11 is 0. The summed E-state index contributed by atoms with van der Waals surface area (Å²) in [5.41, 5.74) is 0. The van der Waals surface area contributed by atoms with Crippen LogP contribution in [0.3, 0.4) is 0 Å². The van der Waals surface area contributed by atoms with Gasteiger partial charge in [0.2, 0.25) is 0 Å². The SMILES string of the molecule is CCN(CC)CC.F.F.F.F.F.F.F. The van der Waals surface area contributed by atoms with Gasteiger partial charge in [0.1, 0.15) is 0 Å². The van der Waals surface area contributed by atoms with Crippen molar-refractivity contribution in [1.29, 1.82) is 0 Å². The molecule has 8 heteroatoms. The summed E-state index contributed by atoms with van der Waals surface area (Å²) < 4.78 is 0. The first-order valence-electron chi connectivity index (χ1n) is 3.07. The van der Waals surface area contributed by atoms with Gasteiger partial charge in [-0.25, -0.2) is 0 Å². The van der Waals surface area contributed by atoms with Gasteiger partial charge in [0, 0.05) is 0 Å². The largest absolute Gasteiger partial charge is 0.304 e. The molecule has 0 radical (unpaired) electrons. The predicted octanol–water partition coefficient (Wildman–Crippen LogP) is 2.42. The monoisotopic (exact) mass is 241 g/mol. The molecule has 0 aromatic rings. The Bertz CT molecular complexity index is 39.7. The Morgan fingerprint density at radius 2 is 0.643 bits per heavy atom. The van der Waals surface area contributed by atoms with Crippen molar-refractivity contribution < 1.29 is 32.9 Å². The lowest BCUT2D eigenvalue weighted by atomic mass is 10.5. The Kier molecular flexibility index (Phi) is 274. The van der Waals surface area contributed by atoms with Crippen LogP contribution in [0.4, 0.5) is 32.9 Å². The minimum atomic E-state index is 0. The molecule has 0 aliphatic heterocycles. The molecule has 0 amide bonds. The lowest BCUT2D eigenvalue weighted by molar-refractivity contribution is 0.321. The third-order valence-electron chi connectivity index (χ3n) is 1.34. The van der Waals surface area contributed by atoms with Crippen LogP contribution in [0, 0.1) is 0 Å². The molecule has 0 saturated carbocycles. The first kappa shape index (κ1) is 70.0. The topological polar surface area (TPSA) is 3.24 Å². The number of rotatable bonds is 3. The molecule has 0 heterocycles. The predicted molar refractivity (Wildman–Crippen MR) is 51.0 cm³/mol. The third kappa shape index (κ3) is 42.0. The van der Waals surface area contributed by atoms with E-state index in [1.54, 1.807) is 0 Å². The maximum Gasteiger partial charge on any atom is -0.00474 e. The fourth-order valence-electron chi connectivity index (χ4n) is 0.671. The summed E-state index contributed by atoms with van der Waals surface area (Å²) in [5.74, 6) is 0. The van der Waals surface area contributed by atoms with E-state index < -0.39 is 0 Å². The summed E-state index contributed by atoms with van der Waals surface area (Å²) in [7, 11) is 0. The second-order valence-corrected chi connectivity index (χ2v) is 1.62. The van der Waals surface area contributed by atoms with E-state index in [1.807, 2.05) is 0 Å². The molecule has 100 valence electrons. The average Bonchev–Trinajstić information content (AvgIpc) is 1.72. The minimum Gasteiger partial charge on any atom is -0.304 e. The molecule has 0 saturated heterocycles. The van der Waals surface area contributed by atoms with E-state index in [4.69, 9.17) is 0 Å². The number of hydrogen-bond donors (Lipinski definition) is 0. The lowest BCUT2D eigenvalue weighted by Crippen LogP contribution is -2.21. The first-order valence-corrected chi connectivity index (χ1v) is 3.07. The molecule has 0 aliphatic carbocycles. The van der Waals surface area contributed by atoms with Crippen molar-refractivity contribution in [2.75, 3.05) is 19.6 Å². The Morgan fingerprint density at radius 1 is 0.500 bits per heavy atom. The molecule has 0 rings (SSSR count). The van der Waals surface area contributed by atoms with Crippen LogP contribution in [0.2, 0.25) is 0 Å². The van der Waals surface area contributed by atoms with Crippen LogP contribution in [-0.2, 0) is 0 Å². The van der Waals surface area contributed by atoms with Crippen molar-refractivity contribution in [2.45, 2.75) is 20.8 Å². The smallest absolute Gasteiger partial charge is 0.00474 e. The van der Waals surface area contributed by atoms with Crippen LogP contribution in [0.5, 0.6) is 0 Å². The van der Waals surface area contributed by atoms with E-state index in [0.717, 1.165) is 0 Å². The van der Waals surface area contributed by atoms with Crippen molar-refractivity contribution in [1.82, 2.24) is 4.90 Å². The molecule has 0 spiro atoms. The zero-order valence-corrected chi connectivity index (χ0v) is 8.43. The maximum absolute atomic E-state index is 2.38. The quantitative estimate of drug-likeness (QED) is 0.686. The van der Waals surface area contributed by atoms with Crippen molar-refractivity contribution in [3.8, 4) is 0 Å². The van der Waals surface area contributed by atoms with E-state index in [1.165, 1.54) is 19.6 Å². The van der Waals surface area contributed by atoms with Crippen LogP contribution in [0.15, 0.2) is 0 Å². The van der Waals surface area contributed by atoms with Gasteiger partial charge in [-0.15, -0.1) is 0 Å². The van der Waals surface area contributed by atoms with Gasteiger partial charge in [0.25, 0.3) is 0 Å². The van der Waals surface area contributed by atoms with Gasteiger partial charge in [0.05, 0.1) is 0 Å². The van der Waals surface area contributed by atoms with Crippen LogP contribution >= 0.6 is 0 Å². The Labute approximate surface area is 79.4 Å². The highest BCUT2D eigenvalue weighted by Gasteiger charge is 1.89. The zero-order chi connectivity index (χ0) is 5.70. The van der Waals surface area contributed by atoms with Gasteiger partial charge in [-0.2, -0.15) is 0 Å². The second kappa shape index (κ2) is 54.8. The van der Waals surface area contributed by atoms with Gasteiger partial charge in [-0.1, -0.05) is 20.8 Å². The zero-order valence-electron chi connectivity index (χ0n) is 8.43. The molecule has 0 aromatic heterocycles. The minimum absolute atomic E-state index is 0. The van der Waals surface area contributed by atoms with Gasteiger partial charge in [-0.3, -0.25) is 32.9 Å². The number of hydrogen-bond acceptors (Lipinski definition) is 1. The van der Waals surface area contributed by atoms with Crippen LogP contribution in [0.25, 0.3) is 0 Å². The van der Waals surface area contributed by atoms with Gasteiger partial charge in [0.15, 0.2) is 0 Å². The Morgan fingerprint density at radius 3 is 0.643 bits per heavy atom. The fourth-order valence-corrected chi connectivity index (χ4v) is 0.671. The molecule has 0 atom stereocenters. The van der Waals surface area contributed by atoms with E-state index in [0.29, 0.717) is 0 Å². The van der Waals surface area contributed by atoms with E-state index in [2.05, 4.69) is 25.7 Å². The Balaban J connectivity index is -0.00000000857. The van der Waals surface area contributed by atoms with Crippen LogP contribution in [0.1, 0.15) is 20.8 Å². The number of nitrogens with zero attached hydrogens (tertiary/aromatic N) is 1. The summed E-state index contributed by atoms with van der Waals surface area (Å²) in [6, 6.07) is 0. The number of halogens is 7.